The minimum atomic E-state index is -3.61. The number of nitrogens with one attached hydrogen (secondary N) is 1. The van der Waals surface area contributed by atoms with Crippen molar-refractivity contribution in [2.45, 2.75) is 17.9 Å². The molecule has 0 saturated carbocycles. The van der Waals surface area contributed by atoms with Gasteiger partial charge in [0.05, 0.1) is 10.6 Å². The monoisotopic (exact) mass is 369 g/mol. The van der Waals surface area contributed by atoms with Crippen LogP contribution in [0.1, 0.15) is 11.3 Å². The predicted molar refractivity (Wildman–Crippen MR) is 85.2 cm³/mol. The smallest absolute Gasteiger partial charge is 0.238 e. The lowest BCUT2D eigenvalue weighted by Crippen LogP contribution is -2.17. The van der Waals surface area contributed by atoms with Gasteiger partial charge in [-0.3, -0.25) is 4.98 Å². The van der Waals surface area contributed by atoms with Crippen molar-refractivity contribution in [2.24, 2.45) is 5.14 Å². The fraction of sp³-hybridized carbons (Fsp3) is 0.214. The van der Waals surface area contributed by atoms with E-state index in [1.807, 2.05) is 12.1 Å². The number of primary sulfonamides is 1. The third-order valence-corrected chi connectivity index (χ3v) is 4.34. The molecule has 7 heteroatoms. The zero-order valence-corrected chi connectivity index (χ0v) is 13.7. The zero-order valence-electron chi connectivity index (χ0n) is 11.3. The summed E-state index contributed by atoms with van der Waals surface area (Å²) in [7, 11) is -3.61. The summed E-state index contributed by atoms with van der Waals surface area (Å²) < 4.78 is 23.2. The average molecular weight is 370 g/mol. The van der Waals surface area contributed by atoms with E-state index in [1.54, 1.807) is 18.3 Å². The van der Waals surface area contributed by atoms with Crippen molar-refractivity contribution in [3.8, 4) is 0 Å². The Morgan fingerprint density at radius 1 is 1.14 bits per heavy atom. The number of benzene rings is 1. The molecule has 2 rings (SSSR count). The van der Waals surface area contributed by atoms with Crippen LogP contribution in [0, 0.1) is 0 Å². The van der Waals surface area contributed by atoms with Gasteiger partial charge in [-0.25, -0.2) is 13.6 Å². The molecule has 0 saturated heterocycles. The average Bonchev–Trinajstić information content (AvgIpc) is 2.45. The van der Waals surface area contributed by atoms with Crippen molar-refractivity contribution in [3.63, 3.8) is 0 Å². The molecule has 0 aliphatic carbocycles. The van der Waals surface area contributed by atoms with Gasteiger partial charge in [0, 0.05) is 17.2 Å². The minimum absolute atomic E-state index is 0.137. The molecule has 3 N–H and O–H groups in total. The molecule has 0 amide bonds. The van der Waals surface area contributed by atoms with Gasteiger partial charge >= 0.3 is 0 Å². The SMILES string of the molecule is NS(=O)(=O)c1ccc(CCNCc2ccc(Br)cn2)cc1. The van der Waals surface area contributed by atoms with Crippen molar-refractivity contribution >= 4 is 26.0 Å². The number of nitrogens with two attached hydrogens (primary N) is 1. The van der Waals surface area contributed by atoms with Crippen LogP contribution in [-0.4, -0.2) is 19.9 Å². The molecular formula is C14H16BrN3O2S. The van der Waals surface area contributed by atoms with Crippen molar-refractivity contribution in [2.75, 3.05) is 6.54 Å². The first kappa shape index (κ1) is 16.1. The molecule has 0 aliphatic rings. The summed E-state index contributed by atoms with van der Waals surface area (Å²) in [6, 6.07) is 10.5. The molecule has 2 aromatic rings. The number of hydrogen-bond acceptors (Lipinski definition) is 4. The third kappa shape index (κ3) is 5.20. The number of rotatable bonds is 6. The van der Waals surface area contributed by atoms with Gasteiger partial charge in [-0.15, -0.1) is 0 Å². The Hall–Kier alpha value is -1.28. The van der Waals surface area contributed by atoms with Crippen LogP contribution in [-0.2, 0) is 23.0 Å². The highest BCUT2D eigenvalue weighted by Crippen LogP contribution is 2.09. The van der Waals surface area contributed by atoms with Crippen molar-refractivity contribution < 1.29 is 8.42 Å². The minimum Gasteiger partial charge on any atom is -0.311 e. The van der Waals surface area contributed by atoms with Gasteiger partial charge in [0.25, 0.3) is 0 Å². The molecule has 0 bridgehead atoms. The first-order valence-electron chi connectivity index (χ1n) is 6.38. The number of hydrogen-bond donors (Lipinski definition) is 2. The molecule has 1 heterocycles. The highest BCUT2D eigenvalue weighted by molar-refractivity contribution is 9.10. The normalized spacial score (nSPS) is 11.5. The molecule has 0 unspecified atom stereocenters. The van der Waals surface area contributed by atoms with Crippen LogP contribution in [0.15, 0.2) is 52.0 Å². The van der Waals surface area contributed by atoms with E-state index in [0.717, 1.165) is 28.7 Å². The second-order valence-electron chi connectivity index (χ2n) is 4.58. The van der Waals surface area contributed by atoms with Crippen LogP contribution >= 0.6 is 15.9 Å². The Morgan fingerprint density at radius 2 is 1.86 bits per heavy atom. The molecule has 5 nitrogen and oxygen atoms in total. The van der Waals surface area contributed by atoms with Gasteiger partial charge in [-0.2, -0.15) is 0 Å². The summed E-state index contributed by atoms with van der Waals surface area (Å²) in [6.45, 7) is 1.48. The van der Waals surface area contributed by atoms with E-state index >= 15 is 0 Å². The number of sulfonamides is 1. The molecule has 21 heavy (non-hydrogen) atoms. The summed E-state index contributed by atoms with van der Waals surface area (Å²) >= 11 is 3.34. The van der Waals surface area contributed by atoms with Crippen LogP contribution in [0.5, 0.6) is 0 Å². The Balaban J connectivity index is 1.80. The molecule has 0 spiro atoms. The van der Waals surface area contributed by atoms with E-state index in [-0.39, 0.29) is 4.90 Å². The lowest BCUT2D eigenvalue weighted by Gasteiger charge is -2.05. The molecule has 1 aromatic heterocycles. The van der Waals surface area contributed by atoms with E-state index in [4.69, 9.17) is 5.14 Å². The Bertz CT molecular complexity index is 685. The van der Waals surface area contributed by atoms with Gasteiger partial charge in [0.15, 0.2) is 0 Å². The number of halogens is 1. The highest BCUT2D eigenvalue weighted by Gasteiger charge is 2.06. The molecule has 112 valence electrons. The Labute approximate surface area is 132 Å². The number of nitrogens with zero attached hydrogens (tertiary/aromatic N) is 1. The predicted octanol–water partition coefficient (Wildman–Crippen LogP) is 1.82. The molecule has 0 aliphatic heterocycles. The lowest BCUT2D eigenvalue weighted by atomic mass is 10.1. The summed E-state index contributed by atoms with van der Waals surface area (Å²) in [5, 5.41) is 8.35. The molecular weight excluding hydrogens is 354 g/mol. The maximum atomic E-state index is 11.1. The van der Waals surface area contributed by atoms with Crippen LogP contribution in [0.25, 0.3) is 0 Å². The first-order valence-corrected chi connectivity index (χ1v) is 8.72. The van der Waals surface area contributed by atoms with E-state index in [2.05, 4.69) is 26.2 Å². The standard InChI is InChI=1S/C14H16BrN3O2S/c15-12-3-4-13(18-9-12)10-17-8-7-11-1-5-14(6-2-11)21(16,19)20/h1-6,9,17H,7-8,10H2,(H2,16,19,20). The summed E-state index contributed by atoms with van der Waals surface area (Å²) in [5.41, 5.74) is 2.03. The quantitative estimate of drug-likeness (QED) is 0.760. The van der Waals surface area contributed by atoms with Crippen molar-refractivity contribution in [1.29, 1.82) is 0 Å². The van der Waals surface area contributed by atoms with Crippen LogP contribution in [0.4, 0.5) is 0 Å². The number of aromatic nitrogens is 1. The van der Waals surface area contributed by atoms with Crippen LogP contribution < -0.4 is 10.5 Å². The van der Waals surface area contributed by atoms with Gasteiger partial charge in [0.2, 0.25) is 10.0 Å². The summed E-state index contributed by atoms with van der Waals surface area (Å²) in [5.74, 6) is 0. The maximum absolute atomic E-state index is 11.1. The summed E-state index contributed by atoms with van der Waals surface area (Å²) in [4.78, 5) is 4.41. The topological polar surface area (TPSA) is 85.1 Å². The van der Waals surface area contributed by atoms with Crippen molar-refractivity contribution in [3.05, 3.63) is 58.3 Å². The fourth-order valence-corrected chi connectivity index (χ4v) is 2.56. The van der Waals surface area contributed by atoms with E-state index < -0.39 is 10.0 Å². The third-order valence-electron chi connectivity index (χ3n) is 2.94. The second-order valence-corrected chi connectivity index (χ2v) is 7.06. The highest BCUT2D eigenvalue weighted by atomic mass is 79.9. The fourth-order valence-electron chi connectivity index (χ4n) is 1.81. The first-order chi connectivity index (χ1) is 9.95. The number of pyridine rings is 1. The summed E-state index contributed by atoms with van der Waals surface area (Å²) in [6.07, 6.45) is 2.57. The lowest BCUT2D eigenvalue weighted by molar-refractivity contribution is 0.597. The molecule has 0 atom stereocenters. The van der Waals surface area contributed by atoms with Gasteiger partial charge in [-0.1, -0.05) is 12.1 Å². The Morgan fingerprint density at radius 3 is 2.43 bits per heavy atom. The van der Waals surface area contributed by atoms with Gasteiger partial charge < -0.3 is 5.32 Å². The Kier molecular flexibility index (Phi) is 5.46. The molecule has 0 radical (unpaired) electrons. The molecule has 1 aromatic carbocycles. The van der Waals surface area contributed by atoms with E-state index in [9.17, 15) is 8.42 Å². The zero-order chi connectivity index (χ0) is 15.3. The second kappa shape index (κ2) is 7.13. The van der Waals surface area contributed by atoms with Crippen LogP contribution in [0.3, 0.4) is 0 Å². The van der Waals surface area contributed by atoms with E-state index in [1.165, 1.54) is 12.1 Å². The van der Waals surface area contributed by atoms with Crippen LogP contribution in [0.2, 0.25) is 0 Å². The van der Waals surface area contributed by atoms with Gasteiger partial charge in [-0.05, 0) is 58.7 Å². The molecule has 0 fully saturated rings. The maximum Gasteiger partial charge on any atom is 0.238 e. The van der Waals surface area contributed by atoms with E-state index in [0.29, 0.717) is 6.54 Å². The van der Waals surface area contributed by atoms with Crippen molar-refractivity contribution in [1.82, 2.24) is 10.3 Å². The van der Waals surface area contributed by atoms with Gasteiger partial charge in [0.1, 0.15) is 0 Å². The largest absolute Gasteiger partial charge is 0.311 e.